The Bertz CT molecular complexity index is 684. The van der Waals surface area contributed by atoms with E-state index in [0.717, 1.165) is 25.0 Å². The zero-order chi connectivity index (χ0) is 16.5. The number of nitrogens with zero attached hydrogens (tertiary/aromatic N) is 2. The molecule has 0 amide bonds. The molecule has 0 saturated carbocycles. The Morgan fingerprint density at radius 2 is 2.13 bits per heavy atom. The van der Waals surface area contributed by atoms with Crippen molar-refractivity contribution >= 4 is 39.7 Å². The first kappa shape index (κ1) is 20.1. The minimum Gasteiger partial charge on any atom is -0.329 e. The van der Waals surface area contributed by atoms with Gasteiger partial charge in [-0.2, -0.15) is 4.31 Å². The summed E-state index contributed by atoms with van der Waals surface area (Å²) in [6.07, 6.45) is 1.67. The van der Waals surface area contributed by atoms with Crippen LogP contribution in [0.25, 0.3) is 0 Å². The van der Waals surface area contributed by atoms with E-state index in [2.05, 4.69) is 0 Å². The van der Waals surface area contributed by atoms with E-state index in [0.29, 0.717) is 6.54 Å². The number of nitro groups is 1. The average Bonchev–Trinajstić information content (AvgIpc) is 2.46. The highest BCUT2D eigenvalue weighted by molar-refractivity contribution is 7.89. The molecule has 1 fully saturated rings. The van der Waals surface area contributed by atoms with E-state index in [4.69, 9.17) is 17.3 Å². The van der Waals surface area contributed by atoms with E-state index in [1.54, 1.807) is 0 Å². The second-order valence-electron chi connectivity index (χ2n) is 5.41. The summed E-state index contributed by atoms with van der Waals surface area (Å²) in [7, 11) is -3.83. The van der Waals surface area contributed by atoms with Gasteiger partial charge in [-0.1, -0.05) is 18.5 Å². The fourth-order valence-electron chi connectivity index (χ4n) is 2.80. The topological polar surface area (TPSA) is 107 Å². The van der Waals surface area contributed by atoms with Crippen LogP contribution in [0.15, 0.2) is 23.1 Å². The fraction of sp³-hybridized carbons (Fsp3) is 0.538. The second kappa shape index (κ2) is 7.76. The molecule has 1 aliphatic heterocycles. The van der Waals surface area contributed by atoms with Crippen LogP contribution in [0.3, 0.4) is 0 Å². The van der Waals surface area contributed by atoms with Crippen LogP contribution in [0, 0.1) is 16.0 Å². The molecule has 0 aliphatic carbocycles. The van der Waals surface area contributed by atoms with Gasteiger partial charge in [-0.3, -0.25) is 10.1 Å². The van der Waals surface area contributed by atoms with Crippen LogP contribution in [0.4, 0.5) is 5.69 Å². The van der Waals surface area contributed by atoms with E-state index in [-0.39, 0.29) is 46.5 Å². The van der Waals surface area contributed by atoms with Gasteiger partial charge in [-0.15, -0.1) is 12.4 Å². The third kappa shape index (κ3) is 3.95. The van der Waals surface area contributed by atoms with Crippen molar-refractivity contribution in [3.8, 4) is 0 Å². The first-order chi connectivity index (χ1) is 10.3. The Labute approximate surface area is 146 Å². The van der Waals surface area contributed by atoms with Gasteiger partial charge >= 0.3 is 0 Å². The highest BCUT2D eigenvalue weighted by Gasteiger charge is 2.37. The van der Waals surface area contributed by atoms with E-state index in [1.165, 1.54) is 10.4 Å². The number of nitrogens with two attached hydrogens (primary N) is 1. The molecular weight excluding hydrogens is 365 g/mol. The van der Waals surface area contributed by atoms with Crippen LogP contribution in [-0.2, 0) is 10.0 Å². The molecule has 2 atom stereocenters. The third-order valence-corrected chi connectivity index (χ3v) is 6.43. The lowest BCUT2D eigenvalue weighted by Crippen LogP contribution is -2.51. The molecule has 0 bridgehead atoms. The lowest BCUT2D eigenvalue weighted by atomic mass is 9.93. The number of nitro benzene ring substituents is 1. The number of hydrogen-bond acceptors (Lipinski definition) is 5. The van der Waals surface area contributed by atoms with Crippen LogP contribution in [-0.4, -0.2) is 36.8 Å². The predicted molar refractivity (Wildman–Crippen MR) is 90.5 cm³/mol. The Morgan fingerprint density at radius 1 is 1.48 bits per heavy atom. The number of hydrogen-bond donors (Lipinski definition) is 1. The SMILES string of the molecule is CC1CCCN(S(=O)(=O)c2ccc([N+](=O)[O-])cc2Cl)C1CN.Cl. The van der Waals surface area contributed by atoms with Gasteiger partial charge in [-0.05, 0) is 24.8 Å². The van der Waals surface area contributed by atoms with Crippen molar-refractivity contribution in [3.05, 3.63) is 33.3 Å². The van der Waals surface area contributed by atoms with E-state index < -0.39 is 14.9 Å². The van der Waals surface area contributed by atoms with Crippen molar-refractivity contribution in [1.29, 1.82) is 0 Å². The standard InChI is InChI=1S/C13H18ClN3O4S.ClH/c1-9-3-2-6-16(12(9)8-15)22(20,21)13-5-4-10(17(18)19)7-11(13)14;/h4-5,7,9,12H,2-3,6,8,15H2,1H3;1H. The van der Waals surface area contributed by atoms with Gasteiger partial charge in [-0.25, -0.2) is 8.42 Å². The zero-order valence-electron chi connectivity index (χ0n) is 12.5. The summed E-state index contributed by atoms with van der Waals surface area (Å²) in [5.74, 6) is 0.158. The lowest BCUT2D eigenvalue weighted by molar-refractivity contribution is -0.384. The van der Waals surface area contributed by atoms with Gasteiger partial charge in [0.05, 0.1) is 9.95 Å². The van der Waals surface area contributed by atoms with Crippen LogP contribution in [0.5, 0.6) is 0 Å². The molecule has 1 saturated heterocycles. The molecule has 2 rings (SSSR count). The van der Waals surface area contributed by atoms with Crippen molar-refractivity contribution in [1.82, 2.24) is 4.31 Å². The summed E-state index contributed by atoms with van der Waals surface area (Å²) in [5, 5.41) is 10.6. The predicted octanol–water partition coefficient (Wildman–Crippen LogP) is 2.42. The molecular formula is C13H19Cl2N3O4S. The number of benzene rings is 1. The van der Waals surface area contributed by atoms with E-state index >= 15 is 0 Å². The molecule has 2 N–H and O–H groups in total. The molecule has 130 valence electrons. The number of non-ortho nitro benzene ring substituents is 1. The normalized spacial score (nSPS) is 22.4. The maximum absolute atomic E-state index is 12.8. The molecule has 7 nitrogen and oxygen atoms in total. The van der Waals surface area contributed by atoms with Crippen molar-refractivity contribution in [3.63, 3.8) is 0 Å². The van der Waals surface area contributed by atoms with Gasteiger partial charge in [0, 0.05) is 31.3 Å². The van der Waals surface area contributed by atoms with Crippen LogP contribution < -0.4 is 5.73 Å². The molecule has 1 heterocycles. The van der Waals surface area contributed by atoms with Crippen molar-refractivity contribution < 1.29 is 13.3 Å². The minimum atomic E-state index is -3.83. The van der Waals surface area contributed by atoms with Gasteiger partial charge in [0.15, 0.2) is 0 Å². The number of halogens is 2. The van der Waals surface area contributed by atoms with Crippen LogP contribution >= 0.6 is 24.0 Å². The maximum atomic E-state index is 12.8. The molecule has 1 aromatic carbocycles. The first-order valence-corrected chi connectivity index (χ1v) is 8.76. The first-order valence-electron chi connectivity index (χ1n) is 6.95. The molecule has 2 unspecified atom stereocenters. The summed E-state index contributed by atoms with van der Waals surface area (Å²) in [6.45, 7) is 2.57. The van der Waals surface area contributed by atoms with Crippen LogP contribution in [0.1, 0.15) is 19.8 Å². The second-order valence-corrected chi connectivity index (χ2v) is 7.68. The van der Waals surface area contributed by atoms with Crippen molar-refractivity contribution in [2.75, 3.05) is 13.1 Å². The Kier molecular flexibility index (Phi) is 6.79. The maximum Gasteiger partial charge on any atom is 0.271 e. The van der Waals surface area contributed by atoms with E-state index in [1.807, 2.05) is 6.92 Å². The highest BCUT2D eigenvalue weighted by atomic mass is 35.5. The Hall–Kier alpha value is -0.930. The molecule has 10 heteroatoms. The van der Waals surface area contributed by atoms with Crippen molar-refractivity contribution in [2.45, 2.75) is 30.7 Å². The van der Waals surface area contributed by atoms with Gasteiger partial charge < -0.3 is 5.73 Å². The summed E-state index contributed by atoms with van der Waals surface area (Å²) in [5.41, 5.74) is 5.49. The van der Waals surface area contributed by atoms with Gasteiger partial charge in [0.1, 0.15) is 4.90 Å². The summed E-state index contributed by atoms with van der Waals surface area (Å²) < 4.78 is 27.0. The largest absolute Gasteiger partial charge is 0.329 e. The lowest BCUT2D eigenvalue weighted by Gasteiger charge is -2.38. The van der Waals surface area contributed by atoms with Gasteiger partial charge in [0.25, 0.3) is 5.69 Å². The molecule has 23 heavy (non-hydrogen) atoms. The fourth-order valence-corrected chi connectivity index (χ4v) is 5.08. The average molecular weight is 384 g/mol. The zero-order valence-corrected chi connectivity index (χ0v) is 14.9. The highest BCUT2D eigenvalue weighted by Crippen LogP contribution is 2.33. The van der Waals surface area contributed by atoms with Crippen molar-refractivity contribution in [2.24, 2.45) is 11.7 Å². The Balaban J connectivity index is 0.00000264. The molecule has 0 radical (unpaired) electrons. The minimum absolute atomic E-state index is 0. The number of sulfonamides is 1. The number of piperidine rings is 1. The molecule has 0 aromatic heterocycles. The third-order valence-electron chi connectivity index (χ3n) is 4.02. The smallest absolute Gasteiger partial charge is 0.271 e. The summed E-state index contributed by atoms with van der Waals surface area (Å²) >= 11 is 5.96. The molecule has 1 aliphatic rings. The summed E-state index contributed by atoms with van der Waals surface area (Å²) in [6, 6.07) is 3.09. The number of rotatable bonds is 4. The summed E-state index contributed by atoms with van der Waals surface area (Å²) in [4.78, 5) is 9.99. The molecule has 1 aromatic rings. The van der Waals surface area contributed by atoms with Gasteiger partial charge in [0.2, 0.25) is 10.0 Å². The molecule has 0 spiro atoms. The van der Waals surface area contributed by atoms with Crippen LogP contribution in [0.2, 0.25) is 5.02 Å². The monoisotopic (exact) mass is 383 g/mol. The van der Waals surface area contributed by atoms with E-state index in [9.17, 15) is 18.5 Å². The Morgan fingerprint density at radius 3 is 2.65 bits per heavy atom. The quantitative estimate of drug-likeness (QED) is 0.634.